The topological polar surface area (TPSA) is 21.3 Å². The molecule has 1 fully saturated rings. The Morgan fingerprint density at radius 3 is 3.12 bits per heavy atom. The fraction of sp³-hybridized carbons (Fsp3) is 0.500. The highest BCUT2D eigenvalue weighted by Crippen LogP contribution is 2.21. The maximum atomic E-state index is 6.10. The van der Waals surface area contributed by atoms with Gasteiger partial charge in [0, 0.05) is 29.2 Å². The lowest BCUT2D eigenvalue weighted by atomic mass is 10.2. The van der Waals surface area contributed by atoms with E-state index in [0.29, 0.717) is 6.10 Å². The predicted octanol–water partition coefficient (Wildman–Crippen LogP) is 3.37. The second-order valence-corrected chi connectivity index (χ2v) is 5.32. The monoisotopic (exact) mass is 303 g/mol. The summed E-state index contributed by atoms with van der Waals surface area (Å²) in [5.41, 5.74) is 1.12. The van der Waals surface area contributed by atoms with Crippen LogP contribution in [0.5, 0.6) is 0 Å². The van der Waals surface area contributed by atoms with Crippen molar-refractivity contribution in [3.05, 3.63) is 33.3 Å². The van der Waals surface area contributed by atoms with Gasteiger partial charge in [0.15, 0.2) is 0 Å². The molecule has 1 unspecified atom stereocenters. The quantitative estimate of drug-likeness (QED) is 0.921. The first-order chi connectivity index (χ1) is 7.75. The highest BCUT2D eigenvalue weighted by Gasteiger charge is 2.14. The van der Waals surface area contributed by atoms with E-state index in [0.717, 1.165) is 34.8 Å². The van der Waals surface area contributed by atoms with E-state index < -0.39 is 0 Å². The molecule has 1 atom stereocenters. The van der Waals surface area contributed by atoms with Gasteiger partial charge in [-0.2, -0.15) is 0 Å². The second kappa shape index (κ2) is 6.01. The van der Waals surface area contributed by atoms with Crippen molar-refractivity contribution in [3.63, 3.8) is 0 Å². The smallest absolute Gasteiger partial charge is 0.0700 e. The Kier molecular flexibility index (Phi) is 4.65. The summed E-state index contributed by atoms with van der Waals surface area (Å²) >= 11 is 9.54. The minimum Gasteiger partial charge on any atom is -0.377 e. The normalized spacial score (nSPS) is 20.2. The van der Waals surface area contributed by atoms with Gasteiger partial charge in [0.2, 0.25) is 0 Å². The Bertz CT molecular complexity index is 353. The van der Waals surface area contributed by atoms with Crippen LogP contribution in [0, 0.1) is 0 Å². The predicted molar refractivity (Wildman–Crippen MR) is 69.8 cm³/mol. The number of nitrogens with one attached hydrogen (secondary N) is 1. The Balaban J connectivity index is 1.82. The first-order valence-electron chi connectivity index (χ1n) is 5.52. The maximum Gasteiger partial charge on any atom is 0.0700 e. The van der Waals surface area contributed by atoms with Crippen molar-refractivity contribution in [2.24, 2.45) is 0 Å². The van der Waals surface area contributed by atoms with Crippen LogP contribution in [-0.4, -0.2) is 19.3 Å². The number of rotatable bonds is 4. The molecular formula is C12H15BrClNO. The summed E-state index contributed by atoms with van der Waals surface area (Å²) in [7, 11) is 0. The summed E-state index contributed by atoms with van der Waals surface area (Å²) in [6, 6.07) is 5.91. The molecular weight excluding hydrogens is 289 g/mol. The fourth-order valence-electron chi connectivity index (χ4n) is 1.85. The number of hydrogen-bond donors (Lipinski definition) is 1. The minimum absolute atomic E-state index is 0.380. The molecule has 0 saturated carbocycles. The van der Waals surface area contributed by atoms with E-state index in [4.69, 9.17) is 16.3 Å². The molecule has 2 rings (SSSR count). The Labute approximate surface area is 109 Å². The van der Waals surface area contributed by atoms with Crippen LogP contribution < -0.4 is 5.32 Å². The van der Waals surface area contributed by atoms with Gasteiger partial charge in [-0.15, -0.1) is 0 Å². The molecule has 4 heteroatoms. The summed E-state index contributed by atoms with van der Waals surface area (Å²) in [6.07, 6.45) is 2.73. The van der Waals surface area contributed by atoms with Crippen LogP contribution >= 0.6 is 27.5 Å². The molecule has 0 aliphatic carbocycles. The third-order valence-electron chi connectivity index (χ3n) is 2.72. The van der Waals surface area contributed by atoms with Gasteiger partial charge < -0.3 is 10.1 Å². The van der Waals surface area contributed by atoms with Gasteiger partial charge in [0.25, 0.3) is 0 Å². The molecule has 1 heterocycles. The molecule has 1 aromatic carbocycles. The average Bonchev–Trinajstić information content (AvgIpc) is 2.76. The SMILES string of the molecule is Clc1ccc(Br)cc1CNCC1CCCO1. The third-order valence-corrected chi connectivity index (χ3v) is 3.58. The van der Waals surface area contributed by atoms with Crippen molar-refractivity contribution in [1.29, 1.82) is 0 Å². The van der Waals surface area contributed by atoms with Crippen LogP contribution in [0.3, 0.4) is 0 Å². The van der Waals surface area contributed by atoms with Crippen LogP contribution in [0.1, 0.15) is 18.4 Å². The zero-order chi connectivity index (χ0) is 11.4. The van der Waals surface area contributed by atoms with Crippen LogP contribution in [0.15, 0.2) is 22.7 Å². The van der Waals surface area contributed by atoms with Crippen LogP contribution in [0.25, 0.3) is 0 Å². The van der Waals surface area contributed by atoms with E-state index in [9.17, 15) is 0 Å². The molecule has 88 valence electrons. The molecule has 16 heavy (non-hydrogen) atoms. The third kappa shape index (κ3) is 3.45. The van der Waals surface area contributed by atoms with Crippen molar-refractivity contribution >= 4 is 27.5 Å². The summed E-state index contributed by atoms with van der Waals surface area (Å²) in [5.74, 6) is 0. The molecule has 0 radical (unpaired) electrons. The Morgan fingerprint density at radius 2 is 2.38 bits per heavy atom. The van der Waals surface area contributed by atoms with Gasteiger partial charge in [-0.25, -0.2) is 0 Å². The standard InChI is InChI=1S/C12H15BrClNO/c13-10-3-4-12(14)9(6-10)7-15-8-11-2-1-5-16-11/h3-4,6,11,15H,1-2,5,7-8H2. The van der Waals surface area contributed by atoms with E-state index in [-0.39, 0.29) is 0 Å². The molecule has 0 aromatic heterocycles. The molecule has 0 amide bonds. The van der Waals surface area contributed by atoms with E-state index >= 15 is 0 Å². The summed E-state index contributed by atoms with van der Waals surface area (Å²) in [5, 5.41) is 4.19. The van der Waals surface area contributed by atoms with Crippen molar-refractivity contribution < 1.29 is 4.74 Å². The van der Waals surface area contributed by atoms with Gasteiger partial charge >= 0.3 is 0 Å². The number of halogens is 2. The lowest BCUT2D eigenvalue weighted by Crippen LogP contribution is -2.25. The Hall–Kier alpha value is -0.0900. The lowest BCUT2D eigenvalue weighted by molar-refractivity contribution is 0.110. The summed E-state index contributed by atoms with van der Waals surface area (Å²) in [4.78, 5) is 0. The highest BCUT2D eigenvalue weighted by atomic mass is 79.9. The van der Waals surface area contributed by atoms with Gasteiger partial charge in [-0.1, -0.05) is 27.5 Å². The van der Waals surface area contributed by atoms with E-state index in [1.54, 1.807) is 0 Å². The van der Waals surface area contributed by atoms with Crippen molar-refractivity contribution in [2.45, 2.75) is 25.5 Å². The molecule has 1 aromatic rings. The van der Waals surface area contributed by atoms with Crippen molar-refractivity contribution in [2.75, 3.05) is 13.2 Å². The number of ether oxygens (including phenoxy) is 1. The largest absolute Gasteiger partial charge is 0.377 e. The zero-order valence-electron chi connectivity index (χ0n) is 9.01. The van der Waals surface area contributed by atoms with Crippen molar-refractivity contribution in [3.8, 4) is 0 Å². The van der Waals surface area contributed by atoms with Gasteiger partial charge in [-0.3, -0.25) is 0 Å². The van der Waals surface area contributed by atoms with E-state index in [1.165, 1.54) is 12.8 Å². The molecule has 2 nitrogen and oxygen atoms in total. The molecule has 1 N–H and O–H groups in total. The molecule has 0 bridgehead atoms. The highest BCUT2D eigenvalue weighted by molar-refractivity contribution is 9.10. The summed E-state index contributed by atoms with van der Waals surface area (Å²) in [6.45, 7) is 2.60. The molecule has 1 aliphatic heterocycles. The summed E-state index contributed by atoms with van der Waals surface area (Å²) < 4.78 is 6.60. The first-order valence-corrected chi connectivity index (χ1v) is 6.69. The van der Waals surface area contributed by atoms with E-state index in [2.05, 4.69) is 21.2 Å². The van der Waals surface area contributed by atoms with Gasteiger partial charge in [0.05, 0.1) is 6.10 Å². The van der Waals surface area contributed by atoms with E-state index in [1.807, 2.05) is 18.2 Å². The fourth-order valence-corrected chi connectivity index (χ4v) is 2.44. The zero-order valence-corrected chi connectivity index (χ0v) is 11.4. The van der Waals surface area contributed by atoms with Crippen LogP contribution in [0.4, 0.5) is 0 Å². The second-order valence-electron chi connectivity index (χ2n) is 4.00. The molecule has 0 spiro atoms. The lowest BCUT2D eigenvalue weighted by Gasteiger charge is -2.11. The average molecular weight is 305 g/mol. The molecule has 1 aliphatic rings. The number of benzene rings is 1. The minimum atomic E-state index is 0.380. The van der Waals surface area contributed by atoms with Crippen molar-refractivity contribution in [1.82, 2.24) is 5.32 Å². The molecule has 1 saturated heterocycles. The number of hydrogen-bond acceptors (Lipinski definition) is 2. The van der Waals surface area contributed by atoms with Crippen LogP contribution in [0.2, 0.25) is 5.02 Å². The Morgan fingerprint density at radius 1 is 1.50 bits per heavy atom. The maximum absolute atomic E-state index is 6.10. The van der Waals surface area contributed by atoms with Gasteiger partial charge in [-0.05, 0) is 36.6 Å². The van der Waals surface area contributed by atoms with Crippen LogP contribution in [-0.2, 0) is 11.3 Å². The van der Waals surface area contributed by atoms with Gasteiger partial charge in [0.1, 0.15) is 0 Å². The first kappa shape index (κ1) is 12.4.